The number of amidine groups is 1. The van der Waals surface area contributed by atoms with Crippen molar-refractivity contribution in [3.63, 3.8) is 0 Å². The van der Waals surface area contributed by atoms with Crippen LogP contribution in [0, 0.1) is 6.92 Å². The summed E-state index contributed by atoms with van der Waals surface area (Å²) in [7, 11) is -3.35. The highest BCUT2D eigenvalue weighted by molar-refractivity contribution is 8.14. The van der Waals surface area contributed by atoms with Crippen LogP contribution in [-0.4, -0.2) is 56.3 Å². The van der Waals surface area contributed by atoms with Gasteiger partial charge < -0.3 is 11.1 Å². The number of halogens is 3. The molecule has 160 valence electrons. The molecule has 0 fully saturated rings. The van der Waals surface area contributed by atoms with Crippen molar-refractivity contribution < 1.29 is 21.6 Å². The Morgan fingerprint density at radius 2 is 2.00 bits per heavy atom. The van der Waals surface area contributed by atoms with Crippen LogP contribution in [0.1, 0.15) is 23.4 Å². The maximum atomic E-state index is 12.1. The van der Waals surface area contributed by atoms with Gasteiger partial charge in [0.05, 0.1) is 11.9 Å². The summed E-state index contributed by atoms with van der Waals surface area (Å²) in [5.41, 5.74) is 6.26. The number of unbranched alkanes of at least 4 members (excludes halogenated alkanes) is 1. The molecule has 0 radical (unpaired) electrons. The van der Waals surface area contributed by atoms with E-state index in [1.54, 1.807) is 6.26 Å². The van der Waals surface area contributed by atoms with E-state index < -0.39 is 22.7 Å². The van der Waals surface area contributed by atoms with Crippen molar-refractivity contribution in [1.29, 1.82) is 0 Å². The fourth-order valence-electron chi connectivity index (χ4n) is 1.92. The van der Waals surface area contributed by atoms with Crippen LogP contribution in [0.25, 0.3) is 0 Å². The zero-order valence-corrected chi connectivity index (χ0v) is 18.1. The largest absolute Gasteiger partial charge is 0.408 e. The Hall–Kier alpha value is -1.54. The van der Waals surface area contributed by atoms with Crippen molar-refractivity contribution in [3.8, 4) is 0 Å². The number of thioether (sulfide) groups is 1. The van der Waals surface area contributed by atoms with Crippen molar-refractivity contribution in [1.82, 2.24) is 9.71 Å². The number of hydrogen-bond donors (Lipinski definition) is 3. The molecule has 0 saturated carbocycles. The second-order valence-electron chi connectivity index (χ2n) is 5.69. The van der Waals surface area contributed by atoms with Gasteiger partial charge in [-0.3, -0.25) is 9.71 Å². The first-order valence-corrected chi connectivity index (χ1v) is 12.0. The van der Waals surface area contributed by atoms with Gasteiger partial charge in [-0.2, -0.15) is 13.2 Å². The number of aromatic nitrogens is 1. The molecular weight excluding hydrogens is 437 g/mol. The number of nitrogens with two attached hydrogens (primary N) is 1. The van der Waals surface area contributed by atoms with Crippen LogP contribution >= 0.6 is 23.1 Å². The van der Waals surface area contributed by atoms with Crippen LogP contribution in [-0.2, 0) is 16.4 Å². The minimum Gasteiger partial charge on any atom is -0.370 e. The van der Waals surface area contributed by atoms with Crippen molar-refractivity contribution in [2.24, 2.45) is 15.7 Å². The van der Waals surface area contributed by atoms with E-state index in [4.69, 9.17) is 5.73 Å². The Morgan fingerprint density at radius 1 is 1.32 bits per heavy atom. The van der Waals surface area contributed by atoms with E-state index in [1.807, 2.05) is 6.92 Å². The van der Waals surface area contributed by atoms with Crippen LogP contribution in [0.5, 0.6) is 0 Å². The summed E-state index contributed by atoms with van der Waals surface area (Å²) in [6.07, 6.45) is 0.541. The summed E-state index contributed by atoms with van der Waals surface area (Å²) in [6.45, 7) is 0.973. The van der Waals surface area contributed by atoms with Gasteiger partial charge in [-0.25, -0.2) is 18.4 Å². The maximum absolute atomic E-state index is 12.1. The molecule has 0 spiro atoms. The van der Waals surface area contributed by atoms with E-state index in [9.17, 15) is 21.6 Å². The van der Waals surface area contributed by atoms with Gasteiger partial charge in [0, 0.05) is 11.4 Å². The molecule has 28 heavy (non-hydrogen) atoms. The zero-order chi connectivity index (χ0) is 21.4. The molecule has 0 aliphatic rings. The van der Waals surface area contributed by atoms with Crippen molar-refractivity contribution in [2.45, 2.75) is 32.4 Å². The Balaban J connectivity index is 2.50. The molecule has 8 nitrogen and oxygen atoms in total. The van der Waals surface area contributed by atoms with Gasteiger partial charge in [0.15, 0.2) is 16.3 Å². The van der Waals surface area contributed by atoms with Gasteiger partial charge >= 0.3 is 6.18 Å². The number of aryl methyl sites for hydroxylation is 2. The van der Waals surface area contributed by atoms with E-state index in [1.165, 1.54) is 23.1 Å². The second-order valence-corrected chi connectivity index (χ2v) is 9.43. The first-order chi connectivity index (χ1) is 12.9. The Labute approximate surface area is 170 Å². The highest BCUT2D eigenvalue weighted by Gasteiger charge is 2.26. The third-order valence-corrected chi connectivity index (χ3v) is 5.34. The molecule has 0 aliphatic carbocycles. The minimum absolute atomic E-state index is 0.338. The molecule has 0 amide bonds. The summed E-state index contributed by atoms with van der Waals surface area (Å²) in [6, 6.07) is 0. The Bertz CT molecular complexity index is 806. The summed E-state index contributed by atoms with van der Waals surface area (Å²) in [4.78, 5) is 12.7. The van der Waals surface area contributed by atoms with Gasteiger partial charge in [0.1, 0.15) is 6.54 Å². The number of nitrogens with zero attached hydrogens (tertiary/aromatic N) is 3. The number of alkyl halides is 3. The van der Waals surface area contributed by atoms with E-state index >= 15 is 0 Å². The van der Waals surface area contributed by atoms with Gasteiger partial charge in [0.2, 0.25) is 10.0 Å². The number of aliphatic imine (C=N–C) groups is 2. The molecule has 0 aliphatic heterocycles. The monoisotopic (exact) mass is 460 g/mol. The first kappa shape index (κ1) is 24.5. The second kappa shape index (κ2) is 10.9. The zero-order valence-electron chi connectivity index (χ0n) is 15.6. The van der Waals surface area contributed by atoms with Crippen LogP contribution in [0.4, 0.5) is 18.3 Å². The number of anilines is 1. The molecule has 0 atom stereocenters. The first-order valence-electron chi connectivity index (χ1n) is 8.06. The molecule has 4 N–H and O–H groups in total. The molecule has 0 saturated heterocycles. The Morgan fingerprint density at radius 3 is 2.57 bits per heavy atom. The predicted octanol–water partition coefficient (Wildman–Crippen LogP) is 2.33. The summed E-state index contributed by atoms with van der Waals surface area (Å²) < 4.78 is 61.1. The van der Waals surface area contributed by atoms with E-state index in [-0.39, 0.29) is 5.96 Å². The average Bonchev–Trinajstić information content (AvgIpc) is 2.89. The lowest BCUT2D eigenvalue weighted by atomic mass is 10.2. The van der Waals surface area contributed by atoms with E-state index in [2.05, 4.69) is 25.0 Å². The number of rotatable bonds is 8. The maximum Gasteiger partial charge on any atom is 0.408 e. The normalized spacial score (nSPS) is 13.6. The van der Waals surface area contributed by atoms with Gasteiger partial charge in [-0.05, 0) is 32.4 Å². The van der Waals surface area contributed by atoms with E-state index in [0.29, 0.717) is 23.3 Å². The summed E-state index contributed by atoms with van der Waals surface area (Å²) >= 11 is 2.50. The van der Waals surface area contributed by atoms with Gasteiger partial charge in [0.25, 0.3) is 0 Å². The van der Waals surface area contributed by atoms with Crippen molar-refractivity contribution >= 4 is 49.4 Å². The summed E-state index contributed by atoms with van der Waals surface area (Å²) in [5.74, 6) is -0.338. The summed E-state index contributed by atoms with van der Waals surface area (Å²) in [5, 5.41) is 3.29. The van der Waals surface area contributed by atoms with Crippen LogP contribution in [0.15, 0.2) is 9.98 Å². The molecule has 1 aromatic rings. The molecule has 0 aromatic carbocycles. The molecule has 1 rings (SSSR count). The number of thiazole rings is 1. The quantitative estimate of drug-likeness (QED) is 0.311. The van der Waals surface area contributed by atoms with Crippen LogP contribution in [0.2, 0.25) is 0 Å². The van der Waals surface area contributed by atoms with Gasteiger partial charge in [-0.15, -0.1) is 11.3 Å². The lowest BCUT2D eigenvalue weighted by Crippen LogP contribution is -2.27. The number of nitrogens with one attached hydrogen (secondary N) is 2. The highest BCUT2D eigenvalue weighted by atomic mass is 32.2. The Kier molecular flexibility index (Phi) is 9.50. The minimum atomic E-state index is -4.41. The lowest BCUT2D eigenvalue weighted by molar-refractivity contribution is -0.118. The third-order valence-electron chi connectivity index (χ3n) is 3.10. The average molecular weight is 461 g/mol. The predicted molar refractivity (Wildman–Crippen MR) is 110 cm³/mol. The standard InChI is InChI=1S/C14H23F3N6O2S3/c1-9-10(6-4-5-7-19-12(26-2)23-28(3,24)25)21-13(27-9)22-11(18)20-8-14(15,16)17/h4-8H2,1-3H3,(H,19,23)(H3,18,20,21,22). The van der Waals surface area contributed by atoms with Crippen LogP contribution < -0.4 is 15.8 Å². The fraction of sp³-hybridized carbons (Fsp3) is 0.643. The number of hydrogen-bond acceptors (Lipinski definition) is 7. The lowest BCUT2D eigenvalue weighted by Gasteiger charge is -2.05. The molecular formula is C14H23F3N6O2S3. The molecule has 14 heteroatoms. The smallest absolute Gasteiger partial charge is 0.370 e. The molecule has 1 aromatic heterocycles. The molecule has 0 unspecified atom stereocenters. The molecule has 1 heterocycles. The van der Waals surface area contributed by atoms with Crippen LogP contribution in [0.3, 0.4) is 0 Å². The SMILES string of the molecule is CSC(=NCCCCc1nc(NC(N)=NCC(F)(F)F)sc1C)NS(C)(=O)=O. The topological polar surface area (TPSA) is 122 Å². The number of guanidine groups is 1. The van der Waals surface area contributed by atoms with Crippen molar-refractivity contribution in [2.75, 3.05) is 30.9 Å². The third kappa shape index (κ3) is 10.7. The van der Waals surface area contributed by atoms with Crippen molar-refractivity contribution in [3.05, 3.63) is 10.6 Å². The number of sulfonamides is 1. The fourth-order valence-corrected chi connectivity index (χ4v) is 4.18. The van der Waals surface area contributed by atoms with Gasteiger partial charge in [-0.1, -0.05) is 11.8 Å². The highest BCUT2D eigenvalue weighted by Crippen LogP contribution is 2.23. The van der Waals surface area contributed by atoms with E-state index in [0.717, 1.165) is 29.7 Å². The molecule has 0 bridgehead atoms.